The molecule has 1 unspecified atom stereocenters. The number of H-pyrrole nitrogens is 1. The highest BCUT2D eigenvalue weighted by Crippen LogP contribution is 2.15. The highest BCUT2D eigenvalue weighted by atomic mass is 32.2. The molecular formula is C12H22N4O2S. The summed E-state index contributed by atoms with van der Waals surface area (Å²) in [5.41, 5.74) is 0. The van der Waals surface area contributed by atoms with Gasteiger partial charge in [0, 0.05) is 19.0 Å². The summed E-state index contributed by atoms with van der Waals surface area (Å²) in [6, 6.07) is 0.289. The Hall–Kier alpha value is -0.920. The SMILES string of the molecule is CCc1ncc(S(=O)(=O)NCC2CCCCN2C)[nH]1. The minimum Gasteiger partial charge on any atom is -0.332 e. The van der Waals surface area contributed by atoms with Crippen LogP contribution in [0.15, 0.2) is 11.2 Å². The van der Waals surface area contributed by atoms with E-state index in [-0.39, 0.29) is 11.1 Å². The third-order valence-electron chi connectivity index (χ3n) is 3.66. The van der Waals surface area contributed by atoms with Gasteiger partial charge in [0.25, 0.3) is 10.0 Å². The van der Waals surface area contributed by atoms with Crippen LogP contribution in [-0.2, 0) is 16.4 Å². The topological polar surface area (TPSA) is 78.1 Å². The Morgan fingerprint density at radius 2 is 2.32 bits per heavy atom. The molecule has 2 N–H and O–H groups in total. The van der Waals surface area contributed by atoms with Gasteiger partial charge in [0.2, 0.25) is 0 Å². The number of nitrogens with zero attached hydrogens (tertiary/aromatic N) is 2. The molecule has 0 aromatic carbocycles. The first-order valence-electron chi connectivity index (χ1n) is 6.76. The molecule has 6 nitrogen and oxygen atoms in total. The van der Waals surface area contributed by atoms with Crippen LogP contribution in [0.2, 0.25) is 0 Å². The smallest absolute Gasteiger partial charge is 0.257 e. The van der Waals surface area contributed by atoms with Crippen LogP contribution < -0.4 is 4.72 Å². The number of nitrogens with one attached hydrogen (secondary N) is 2. The Bertz CT molecular complexity index is 512. The maximum absolute atomic E-state index is 12.1. The first kappa shape index (κ1) is 14.5. The zero-order valence-electron chi connectivity index (χ0n) is 11.5. The summed E-state index contributed by atoms with van der Waals surface area (Å²) in [5.74, 6) is 0.690. The molecule has 108 valence electrons. The zero-order chi connectivity index (χ0) is 13.9. The lowest BCUT2D eigenvalue weighted by atomic mass is 10.0. The number of imidazole rings is 1. The van der Waals surface area contributed by atoms with Gasteiger partial charge >= 0.3 is 0 Å². The van der Waals surface area contributed by atoms with Crippen molar-refractivity contribution in [3.05, 3.63) is 12.0 Å². The van der Waals surface area contributed by atoms with E-state index in [4.69, 9.17) is 0 Å². The normalized spacial score (nSPS) is 21.7. The van der Waals surface area contributed by atoms with Crippen molar-refractivity contribution in [3.63, 3.8) is 0 Å². The molecule has 7 heteroatoms. The molecule has 1 fully saturated rings. The van der Waals surface area contributed by atoms with Crippen molar-refractivity contribution in [1.29, 1.82) is 0 Å². The molecule has 1 aromatic heterocycles. The van der Waals surface area contributed by atoms with E-state index >= 15 is 0 Å². The Kier molecular flexibility index (Phi) is 4.59. The highest BCUT2D eigenvalue weighted by molar-refractivity contribution is 7.89. The number of piperidine rings is 1. The molecule has 2 rings (SSSR count). The summed E-state index contributed by atoms with van der Waals surface area (Å²) in [6.07, 6.45) is 5.48. The third kappa shape index (κ3) is 3.55. The number of hydrogen-bond acceptors (Lipinski definition) is 4. The van der Waals surface area contributed by atoms with Gasteiger partial charge in [-0.2, -0.15) is 0 Å². The largest absolute Gasteiger partial charge is 0.332 e. The molecule has 0 spiro atoms. The molecule has 1 aliphatic rings. The minimum atomic E-state index is -3.47. The molecule has 1 saturated heterocycles. The number of sulfonamides is 1. The average molecular weight is 286 g/mol. The fraction of sp³-hybridized carbons (Fsp3) is 0.750. The molecule has 19 heavy (non-hydrogen) atoms. The predicted molar refractivity (Wildman–Crippen MR) is 73.4 cm³/mol. The molecule has 2 heterocycles. The molecular weight excluding hydrogens is 264 g/mol. The maximum Gasteiger partial charge on any atom is 0.257 e. The van der Waals surface area contributed by atoms with Gasteiger partial charge in [-0.3, -0.25) is 0 Å². The highest BCUT2D eigenvalue weighted by Gasteiger charge is 2.23. The van der Waals surface area contributed by atoms with Gasteiger partial charge in [-0.15, -0.1) is 0 Å². The van der Waals surface area contributed by atoms with Crippen molar-refractivity contribution < 1.29 is 8.42 Å². The molecule has 0 saturated carbocycles. The van der Waals surface area contributed by atoms with Crippen molar-refractivity contribution in [3.8, 4) is 0 Å². The predicted octanol–water partition coefficient (Wildman–Crippen LogP) is 0.735. The van der Waals surface area contributed by atoms with Crippen LogP contribution in [0.3, 0.4) is 0 Å². The quantitative estimate of drug-likeness (QED) is 0.836. The van der Waals surface area contributed by atoms with Crippen LogP contribution in [-0.4, -0.2) is 49.5 Å². The van der Waals surface area contributed by atoms with Crippen molar-refractivity contribution in [2.24, 2.45) is 0 Å². The van der Waals surface area contributed by atoms with Gasteiger partial charge in [0.1, 0.15) is 5.82 Å². The Labute approximate surface area is 114 Å². The van der Waals surface area contributed by atoms with Crippen molar-refractivity contribution in [2.75, 3.05) is 20.1 Å². The molecule has 0 aliphatic carbocycles. The summed E-state index contributed by atoms with van der Waals surface area (Å²) < 4.78 is 26.9. The summed E-state index contributed by atoms with van der Waals surface area (Å²) in [6.45, 7) is 3.43. The summed E-state index contributed by atoms with van der Waals surface area (Å²) in [5, 5.41) is 0.155. The van der Waals surface area contributed by atoms with Gasteiger partial charge in [-0.1, -0.05) is 13.3 Å². The van der Waals surface area contributed by atoms with Crippen LogP contribution in [0.4, 0.5) is 0 Å². The van der Waals surface area contributed by atoms with Crippen LogP contribution >= 0.6 is 0 Å². The van der Waals surface area contributed by atoms with Crippen molar-refractivity contribution in [2.45, 2.75) is 43.7 Å². The Morgan fingerprint density at radius 3 is 2.95 bits per heavy atom. The van der Waals surface area contributed by atoms with Crippen LogP contribution in [0.25, 0.3) is 0 Å². The van der Waals surface area contributed by atoms with Crippen LogP contribution in [0.5, 0.6) is 0 Å². The van der Waals surface area contributed by atoms with E-state index < -0.39 is 10.0 Å². The summed E-state index contributed by atoms with van der Waals surface area (Å²) in [4.78, 5) is 9.07. The molecule has 1 atom stereocenters. The number of aromatic nitrogens is 2. The van der Waals surface area contributed by atoms with Crippen LogP contribution in [0, 0.1) is 0 Å². The maximum atomic E-state index is 12.1. The van der Waals surface area contributed by atoms with Crippen molar-refractivity contribution in [1.82, 2.24) is 19.6 Å². The number of aryl methyl sites for hydroxylation is 1. The van der Waals surface area contributed by atoms with E-state index in [1.807, 2.05) is 14.0 Å². The first-order chi connectivity index (χ1) is 9.03. The van der Waals surface area contributed by atoms with E-state index in [2.05, 4.69) is 19.6 Å². The second kappa shape index (κ2) is 6.02. The van der Waals surface area contributed by atoms with E-state index in [0.717, 1.165) is 13.0 Å². The van der Waals surface area contributed by atoms with E-state index in [9.17, 15) is 8.42 Å². The van der Waals surface area contributed by atoms with Gasteiger partial charge in [-0.05, 0) is 26.4 Å². The first-order valence-corrected chi connectivity index (χ1v) is 8.25. The standard InChI is InChI=1S/C12H22N4O2S/c1-3-11-13-9-12(15-11)19(17,18)14-8-10-6-4-5-7-16(10)2/h9-10,14H,3-8H2,1-2H3,(H,13,15). The summed E-state index contributed by atoms with van der Waals surface area (Å²) >= 11 is 0. The number of rotatable bonds is 5. The van der Waals surface area contributed by atoms with E-state index in [0.29, 0.717) is 18.8 Å². The van der Waals surface area contributed by atoms with Crippen molar-refractivity contribution >= 4 is 10.0 Å². The Balaban J connectivity index is 1.97. The second-order valence-electron chi connectivity index (χ2n) is 5.03. The number of aromatic amines is 1. The number of likely N-dealkylation sites (N-methyl/N-ethyl adjacent to an activating group) is 1. The third-order valence-corrected chi connectivity index (χ3v) is 4.99. The lowest BCUT2D eigenvalue weighted by molar-refractivity contribution is 0.187. The molecule has 0 amide bonds. The fourth-order valence-electron chi connectivity index (χ4n) is 2.35. The lowest BCUT2D eigenvalue weighted by Gasteiger charge is -2.32. The molecule has 1 aromatic rings. The van der Waals surface area contributed by atoms with Gasteiger partial charge < -0.3 is 9.88 Å². The van der Waals surface area contributed by atoms with E-state index in [1.165, 1.54) is 19.0 Å². The molecule has 0 bridgehead atoms. The lowest BCUT2D eigenvalue weighted by Crippen LogP contribution is -2.44. The average Bonchev–Trinajstić information content (AvgIpc) is 2.87. The van der Waals surface area contributed by atoms with Gasteiger partial charge in [0.15, 0.2) is 5.03 Å². The van der Waals surface area contributed by atoms with Gasteiger partial charge in [0.05, 0.1) is 6.20 Å². The zero-order valence-corrected chi connectivity index (χ0v) is 12.3. The fourth-order valence-corrected chi connectivity index (χ4v) is 3.36. The monoisotopic (exact) mass is 286 g/mol. The number of likely N-dealkylation sites (tertiary alicyclic amines) is 1. The van der Waals surface area contributed by atoms with Crippen LogP contribution in [0.1, 0.15) is 32.0 Å². The minimum absolute atomic E-state index is 0.155. The number of hydrogen-bond donors (Lipinski definition) is 2. The molecule has 1 aliphatic heterocycles. The molecule has 0 radical (unpaired) electrons. The van der Waals surface area contributed by atoms with E-state index in [1.54, 1.807) is 0 Å². The summed E-state index contributed by atoms with van der Waals surface area (Å²) in [7, 11) is -1.42. The van der Waals surface area contributed by atoms with Gasteiger partial charge in [-0.25, -0.2) is 18.1 Å². The second-order valence-corrected chi connectivity index (χ2v) is 6.77. The Morgan fingerprint density at radius 1 is 1.53 bits per heavy atom.